The van der Waals surface area contributed by atoms with E-state index in [9.17, 15) is 13.2 Å². The third-order valence-corrected chi connectivity index (χ3v) is 7.38. The van der Waals surface area contributed by atoms with Gasteiger partial charge in [0.05, 0.1) is 35.4 Å². The molecule has 2 aliphatic heterocycles. The number of piperidine rings is 1. The smallest absolute Gasteiger partial charge is 0.243 e. The summed E-state index contributed by atoms with van der Waals surface area (Å²) in [6.45, 7) is 6.02. The lowest BCUT2D eigenvalue weighted by Gasteiger charge is -2.26. The van der Waals surface area contributed by atoms with Crippen LogP contribution in [0.3, 0.4) is 0 Å². The molecule has 162 valence electrons. The number of hydrogen-bond donors (Lipinski definition) is 2. The standard InChI is InChI=1S/C19H29ClN4O4S/c20-17-5-4-16(29(26,27)24-7-2-1-3-8-24)14-18(17)22-19(25)15-21-6-9-23-10-12-28-13-11-23/h4-5,14,21H,1-3,6-13,15H2,(H,22,25). The summed E-state index contributed by atoms with van der Waals surface area (Å²) in [4.78, 5) is 14.7. The number of halogens is 1. The van der Waals surface area contributed by atoms with E-state index in [-0.39, 0.29) is 17.3 Å². The Kier molecular flexibility index (Phi) is 8.28. The molecular weight excluding hydrogens is 416 g/mol. The van der Waals surface area contributed by atoms with Gasteiger partial charge in [0.15, 0.2) is 0 Å². The molecule has 0 atom stereocenters. The summed E-state index contributed by atoms with van der Waals surface area (Å²) in [6, 6.07) is 4.44. The summed E-state index contributed by atoms with van der Waals surface area (Å²) in [5, 5.41) is 6.13. The number of hydrogen-bond acceptors (Lipinski definition) is 6. The Morgan fingerprint density at radius 2 is 1.83 bits per heavy atom. The highest BCUT2D eigenvalue weighted by Gasteiger charge is 2.26. The van der Waals surface area contributed by atoms with E-state index in [0.717, 1.165) is 52.1 Å². The van der Waals surface area contributed by atoms with Crippen LogP contribution in [0.4, 0.5) is 5.69 Å². The molecule has 29 heavy (non-hydrogen) atoms. The van der Waals surface area contributed by atoms with Crippen molar-refractivity contribution in [3.8, 4) is 0 Å². The predicted octanol–water partition coefficient (Wildman–Crippen LogP) is 1.37. The number of morpholine rings is 1. The van der Waals surface area contributed by atoms with Gasteiger partial charge in [-0.1, -0.05) is 18.0 Å². The largest absolute Gasteiger partial charge is 0.379 e. The highest BCUT2D eigenvalue weighted by atomic mass is 35.5. The number of ether oxygens (including phenoxy) is 1. The maximum absolute atomic E-state index is 12.8. The maximum Gasteiger partial charge on any atom is 0.243 e. The van der Waals surface area contributed by atoms with Gasteiger partial charge in [-0.3, -0.25) is 9.69 Å². The first-order chi connectivity index (χ1) is 14.0. The van der Waals surface area contributed by atoms with Crippen LogP contribution in [0.25, 0.3) is 0 Å². The molecular formula is C19H29ClN4O4S. The second-order valence-corrected chi connectivity index (χ2v) is 9.63. The van der Waals surface area contributed by atoms with Crippen molar-refractivity contribution in [1.29, 1.82) is 0 Å². The minimum Gasteiger partial charge on any atom is -0.379 e. The summed E-state index contributed by atoms with van der Waals surface area (Å²) < 4.78 is 32.5. The van der Waals surface area contributed by atoms with E-state index in [2.05, 4.69) is 15.5 Å². The molecule has 0 bridgehead atoms. The first kappa shape index (κ1) is 22.5. The number of benzene rings is 1. The predicted molar refractivity (Wildman–Crippen MR) is 113 cm³/mol. The van der Waals surface area contributed by atoms with Crippen molar-refractivity contribution in [2.75, 3.05) is 64.3 Å². The molecule has 2 aliphatic rings. The number of nitrogens with zero attached hydrogens (tertiary/aromatic N) is 2. The van der Waals surface area contributed by atoms with Gasteiger partial charge >= 0.3 is 0 Å². The summed E-state index contributed by atoms with van der Waals surface area (Å²) in [6.07, 6.45) is 2.78. The molecule has 10 heteroatoms. The number of nitrogens with one attached hydrogen (secondary N) is 2. The van der Waals surface area contributed by atoms with Gasteiger partial charge in [-0.2, -0.15) is 4.31 Å². The fraction of sp³-hybridized carbons (Fsp3) is 0.632. The molecule has 0 spiro atoms. The van der Waals surface area contributed by atoms with Crippen molar-refractivity contribution >= 4 is 33.2 Å². The lowest BCUT2D eigenvalue weighted by atomic mass is 10.2. The van der Waals surface area contributed by atoms with E-state index in [1.165, 1.54) is 22.5 Å². The van der Waals surface area contributed by atoms with Crippen molar-refractivity contribution in [2.24, 2.45) is 0 Å². The van der Waals surface area contributed by atoms with E-state index in [1.807, 2.05) is 0 Å². The zero-order valence-electron chi connectivity index (χ0n) is 16.5. The molecule has 0 saturated carbocycles. The van der Waals surface area contributed by atoms with Crippen LogP contribution < -0.4 is 10.6 Å². The lowest BCUT2D eigenvalue weighted by Crippen LogP contribution is -2.41. The van der Waals surface area contributed by atoms with Crippen molar-refractivity contribution in [3.05, 3.63) is 23.2 Å². The summed E-state index contributed by atoms with van der Waals surface area (Å²) in [5.74, 6) is -0.263. The van der Waals surface area contributed by atoms with Crippen LogP contribution in [0, 0.1) is 0 Å². The van der Waals surface area contributed by atoms with Crippen molar-refractivity contribution in [1.82, 2.24) is 14.5 Å². The van der Waals surface area contributed by atoms with Gasteiger partial charge in [0.1, 0.15) is 0 Å². The van der Waals surface area contributed by atoms with Gasteiger partial charge in [0, 0.05) is 39.3 Å². The Morgan fingerprint density at radius 3 is 2.55 bits per heavy atom. The van der Waals surface area contributed by atoms with E-state index < -0.39 is 10.0 Å². The molecule has 2 N–H and O–H groups in total. The molecule has 2 heterocycles. The molecule has 1 aromatic carbocycles. The van der Waals surface area contributed by atoms with Crippen molar-refractivity contribution in [2.45, 2.75) is 24.2 Å². The van der Waals surface area contributed by atoms with Crippen LogP contribution in [-0.4, -0.2) is 82.6 Å². The quantitative estimate of drug-likeness (QED) is 0.588. The highest BCUT2D eigenvalue weighted by Crippen LogP contribution is 2.28. The maximum atomic E-state index is 12.8. The first-order valence-electron chi connectivity index (χ1n) is 10.1. The van der Waals surface area contributed by atoms with E-state index >= 15 is 0 Å². The highest BCUT2D eigenvalue weighted by molar-refractivity contribution is 7.89. The van der Waals surface area contributed by atoms with Gasteiger partial charge in [0.2, 0.25) is 15.9 Å². The van der Waals surface area contributed by atoms with Crippen molar-refractivity contribution < 1.29 is 17.9 Å². The topological polar surface area (TPSA) is 91.0 Å². The molecule has 0 unspecified atom stereocenters. The second kappa shape index (κ2) is 10.7. The molecule has 2 fully saturated rings. The van der Waals surface area contributed by atoms with Crippen LogP contribution in [0.2, 0.25) is 5.02 Å². The number of amides is 1. The summed E-state index contributed by atoms with van der Waals surface area (Å²) in [7, 11) is -3.58. The second-order valence-electron chi connectivity index (χ2n) is 7.29. The Hall–Kier alpha value is -1.23. The third-order valence-electron chi connectivity index (χ3n) is 5.16. The average molecular weight is 445 g/mol. The van der Waals surface area contributed by atoms with Crippen molar-refractivity contribution in [3.63, 3.8) is 0 Å². The number of carbonyl (C=O) groups excluding carboxylic acids is 1. The van der Waals surface area contributed by atoms with Crippen LogP contribution >= 0.6 is 11.6 Å². The Morgan fingerprint density at radius 1 is 1.10 bits per heavy atom. The van der Waals surface area contributed by atoms with Gasteiger partial charge in [0.25, 0.3) is 0 Å². The molecule has 8 nitrogen and oxygen atoms in total. The molecule has 2 saturated heterocycles. The van der Waals surface area contributed by atoms with Gasteiger partial charge < -0.3 is 15.4 Å². The molecule has 0 aliphatic carbocycles. The lowest BCUT2D eigenvalue weighted by molar-refractivity contribution is -0.115. The molecule has 3 rings (SSSR count). The third kappa shape index (κ3) is 6.37. The number of sulfonamides is 1. The average Bonchev–Trinajstić information content (AvgIpc) is 2.74. The van der Waals surface area contributed by atoms with Crippen LogP contribution in [-0.2, 0) is 19.6 Å². The molecule has 1 amide bonds. The molecule has 1 aromatic rings. The van der Waals surface area contributed by atoms with Crippen LogP contribution in [0.5, 0.6) is 0 Å². The Bertz CT molecular complexity index is 793. The van der Waals surface area contributed by atoms with E-state index in [1.54, 1.807) is 0 Å². The number of anilines is 1. The SMILES string of the molecule is O=C(CNCCN1CCOCC1)Nc1cc(S(=O)(=O)N2CCCCC2)ccc1Cl. The fourth-order valence-electron chi connectivity index (χ4n) is 3.47. The van der Waals surface area contributed by atoms with E-state index in [4.69, 9.17) is 16.3 Å². The molecule has 0 aromatic heterocycles. The molecule has 0 radical (unpaired) electrons. The van der Waals surface area contributed by atoms with Gasteiger partial charge in [-0.25, -0.2) is 8.42 Å². The van der Waals surface area contributed by atoms with E-state index in [0.29, 0.717) is 30.3 Å². The number of rotatable bonds is 8. The summed E-state index contributed by atoms with van der Waals surface area (Å²) >= 11 is 6.18. The minimum absolute atomic E-state index is 0.129. The van der Waals surface area contributed by atoms with Crippen LogP contribution in [0.15, 0.2) is 23.1 Å². The zero-order chi connectivity index (χ0) is 20.7. The Labute approximate surface area is 177 Å². The first-order valence-corrected chi connectivity index (χ1v) is 11.9. The Balaban J connectivity index is 1.53. The fourth-order valence-corrected chi connectivity index (χ4v) is 5.18. The summed E-state index contributed by atoms with van der Waals surface area (Å²) in [5.41, 5.74) is 0.310. The zero-order valence-corrected chi connectivity index (χ0v) is 18.1. The van der Waals surface area contributed by atoms with Gasteiger partial charge in [-0.15, -0.1) is 0 Å². The number of carbonyl (C=O) groups is 1. The van der Waals surface area contributed by atoms with Crippen LogP contribution in [0.1, 0.15) is 19.3 Å². The van der Waals surface area contributed by atoms with Gasteiger partial charge in [-0.05, 0) is 31.0 Å². The minimum atomic E-state index is -3.58. The monoisotopic (exact) mass is 444 g/mol. The normalized spacial score (nSPS) is 19.2.